The summed E-state index contributed by atoms with van der Waals surface area (Å²) in [6, 6.07) is 11.5. The van der Waals surface area contributed by atoms with Crippen molar-refractivity contribution in [1.29, 1.82) is 0 Å². The van der Waals surface area contributed by atoms with Crippen LogP contribution >= 0.6 is 11.3 Å². The molecule has 2 aromatic carbocycles. The lowest BCUT2D eigenvalue weighted by molar-refractivity contribution is 0.300. The second kappa shape index (κ2) is 5.93. The Kier molecular flexibility index (Phi) is 4.01. The summed E-state index contributed by atoms with van der Waals surface area (Å²) in [4.78, 5) is 12.9. The number of aliphatic hydroxyl groups is 2. The summed E-state index contributed by atoms with van der Waals surface area (Å²) in [5.74, 6) is 0. The van der Waals surface area contributed by atoms with E-state index in [4.69, 9.17) is 0 Å². The Morgan fingerprint density at radius 3 is 1.71 bits per heavy atom. The number of aliphatic hydroxyl groups excluding tert-OH is 2. The Morgan fingerprint density at radius 2 is 1.29 bits per heavy atom. The summed E-state index contributed by atoms with van der Waals surface area (Å²) in [5, 5.41) is 19.8. The largest absolute Gasteiger partial charge is 0.396 e. The smallest absolute Gasteiger partial charge is 0.196 e. The molecule has 0 fully saturated rings. The molecule has 0 spiro atoms. The highest BCUT2D eigenvalue weighted by Crippen LogP contribution is 2.28. The fourth-order valence-corrected chi connectivity index (χ4v) is 3.92. The minimum atomic E-state index is 0.00634. The van der Waals surface area contributed by atoms with Gasteiger partial charge in [-0.25, -0.2) is 0 Å². The van der Waals surface area contributed by atoms with Gasteiger partial charge in [-0.05, 0) is 36.1 Å². The Morgan fingerprint density at radius 1 is 0.810 bits per heavy atom. The SMILES string of the molecule is O=c1c2c(CCO)cccc2sc2cccc(CCO)c12. The number of hydrogen-bond donors (Lipinski definition) is 2. The second-order valence-corrected chi connectivity index (χ2v) is 6.04. The molecule has 3 rings (SSSR count). The third-order valence-corrected chi connectivity index (χ3v) is 4.78. The molecule has 0 radical (unpaired) electrons. The van der Waals surface area contributed by atoms with Crippen molar-refractivity contribution in [1.82, 2.24) is 0 Å². The molecule has 0 unspecified atom stereocenters. The van der Waals surface area contributed by atoms with Gasteiger partial charge in [-0.15, -0.1) is 11.3 Å². The van der Waals surface area contributed by atoms with Crippen LogP contribution in [0.2, 0.25) is 0 Å². The van der Waals surface area contributed by atoms with Gasteiger partial charge < -0.3 is 10.2 Å². The predicted octanol–water partition coefficient (Wildman–Crippen LogP) is 2.48. The number of fused-ring (bicyclic) bond motifs is 2. The topological polar surface area (TPSA) is 57.5 Å². The molecule has 0 aliphatic heterocycles. The van der Waals surface area contributed by atoms with Crippen LogP contribution in [0.15, 0.2) is 41.2 Å². The van der Waals surface area contributed by atoms with E-state index >= 15 is 0 Å². The molecule has 4 heteroatoms. The van der Waals surface area contributed by atoms with E-state index in [1.54, 1.807) is 11.3 Å². The first kappa shape index (κ1) is 14.2. The quantitative estimate of drug-likeness (QED) is 0.728. The first-order valence-electron chi connectivity index (χ1n) is 6.94. The van der Waals surface area contributed by atoms with Gasteiger partial charge in [-0.3, -0.25) is 4.79 Å². The van der Waals surface area contributed by atoms with Crippen LogP contribution < -0.4 is 5.43 Å². The lowest BCUT2D eigenvalue weighted by Gasteiger charge is -2.08. The average molecular weight is 300 g/mol. The molecule has 0 aliphatic rings. The minimum Gasteiger partial charge on any atom is -0.396 e. The standard InChI is InChI=1S/C17H16O3S/c18-9-7-11-3-1-5-13-15(11)17(20)16-12(8-10-19)4-2-6-14(16)21-13/h1-6,18-19H,7-10H2. The van der Waals surface area contributed by atoms with Crippen molar-refractivity contribution >= 4 is 31.5 Å². The lowest BCUT2D eigenvalue weighted by atomic mass is 10.0. The molecule has 0 aliphatic carbocycles. The van der Waals surface area contributed by atoms with Crippen molar-refractivity contribution < 1.29 is 10.2 Å². The highest BCUT2D eigenvalue weighted by atomic mass is 32.1. The molecule has 108 valence electrons. The van der Waals surface area contributed by atoms with Crippen LogP contribution in [0.4, 0.5) is 0 Å². The highest BCUT2D eigenvalue weighted by Gasteiger charge is 2.12. The van der Waals surface area contributed by atoms with E-state index in [-0.39, 0.29) is 18.6 Å². The number of rotatable bonds is 4. The molecule has 1 aromatic heterocycles. The van der Waals surface area contributed by atoms with E-state index in [0.29, 0.717) is 23.6 Å². The zero-order valence-corrected chi connectivity index (χ0v) is 12.3. The minimum absolute atomic E-state index is 0.00634. The summed E-state index contributed by atoms with van der Waals surface area (Å²) in [5.41, 5.74) is 1.78. The van der Waals surface area contributed by atoms with Crippen molar-refractivity contribution in [3.63, 3.8) is 0 Å². The fourth-order valence-electron chi connectivity index (χ4n) is 2.74. The second-order valence-electron chi connectivity index (χ2n) is 4.96. The maximum Gasteiger partial charge on any atom is 0.196 e. The van der Waals surface area contributed by atoms with Crippen LogP contribution in [0.1, 0.15) is 11.1 Å². The molecule has 0 atom stereocenters. The molecule has 21 heavy (non-hydrogen) atoms. The average Bonchev–Trinajstić information content (AvgIpc) is 2.48. The van der Waals surface area contributed by atoms with Crippen LogP contribution in [0.5, 0.6) is 0 Å². The number of hydrogen-bond acceptors (Lipinski definition) is 4. The summed E-state index contributed by atoms with van der Waals surface area (Å²) < 4.78 is 1.89. The van der Waals surface area contributed by atoms with E-state index in [0.717, 1.165) is 20.5 Å². The molecule has 1 heterocycles. The van der Waals surface area contributed by atoms with Gasteiger partial charge in [0.15, 0.2) is 5.43 Å². The summed E-state index contributed by atoms with van der Waals surface area (Å²) in [6.45, 7) is 0.0547. The molecule has 3 nitrogen and oxygen atoms in total. The Labute approximate surface area is 126 Å². The molecule has 0 bridgehead atoms. The third kappa shape index (κ3) is 2.46. The van der Waals surface area contributed by atoms with E-state index in [9.17, 15) is 15.0 Å². The molecular weight excluding hydrogens is 284 g/mol. The van der Waals surface area contributed by atoms with Crippen LogP contribution in [0.3, 0.4) is 0 Å². The number of benzene rings is 2. The molecule has 2 N–H and O–H groups in total. The molecule has 0 saturated carbocycles. The van der Waals surface area contributed by atoms with E-state index in [1.165, 1.54) is 0 Å². The van der Waals surface area contributed by atoms with Crippen molar-refractivity contribution in [3.8, 4) is 0 Å². The van der Waals surface area contributed by atoms with Gasteiger partial charge >= 0.3 is 0 Å². The fraction of sp³-hybridized carbons (Fsp3) is 0.235. The van der Waals surface area contributed by atoms with Gasteiger partial charge in [-0.1, -0.05) is 24.3 Å². The van der Waals surface area contributed by atoms with Crippen LogP contribution in [0.25, 0.3) is 20.2 Å². The van der Waals surface area contributed by atoms with Crippen molar-refractivity contribution in [2.45, 2.75) is 12.8 Å². The lowest BCUT2D eigenvalue weighted by Crippen LogP contribution is -2.08. The highest BCUT2D eigenvalue weighted by molar-refractivity contribution is 7.24. The van der Waals surface area contributed by atoms with Gasteiger partial charge in [-0.2, -0.15) is 0 Å². The van der Waals surface area contributed by atoms with Crippen molar-refractivity contribution in [2.24, 2.45) is 0 Å². The molecule has 0 saturated heterocycles. The monoisotopic (exact) mass is 300 g/mol. The van der Waals surface area contributed by atoms with Gasteiger partial charge in [0, 0.05) is 33.4 Å². The first-order chi connectivity index (χ1) is 10.3. The van der Waals surface area contributed by atoms with Gasteiger partial charge in [0.25, 0.3) is 0 Å². The summed E-state index contributed by atoms with van der Waals surface area (Å²) in [7, 11) is 0. The first-order valence-corrected chi connectivity index (χ1v) is 7.76. The Bertz CT molecular complexity index is 785. The van der Waals surface area contributed by atoms with E-state index in [1.807, 2.05) is 36.4 Å². The zero-order valence-electron chi connectivity index (χ0n) is 11.5. The van der Waals surface area contributed by atoms with Crippen molar-refractivity contribution in [3.05, 3.63) is 57.7 Å². The van der Waals surface area contributed by atoms with Crippen LogP contribution in [-0.4, -0.2) is 23.4 Å². The zero-order chi connectivity index (χ0) is 14.8. The summed E-state index contributed by atoms with van der Waals surface area (Å²) >= 11 is 1.58. The summed E-state index contributed by atoms with van der Waals surface area (Å²) in [6.07, 6.45) is 0.958. The van der Waals surface area contributed by atoms with Crippen LogP contribution in [-0.2, 0) is 12.8 Å². The van der Waals surface area contributed by atoms with Gasteiger partial charge in [0.1, 0.15) is 0 Å². The van der Waals surface area contributed by atoms with E-state index < -0.39 is 0 Å². The maximum atomic E-state index is 12.9. The molecule has 3 aromatic rings. The molecular formula is C17H16O3S. The predicted molar refractivity (Wildman–Crippen MR) is 87.2 cm³/mol. The maximum absolute atomic E-state index is 12.9. The van der Waals surface area contributed by atoms with E-state index in [2.05, 4.69) is 0 Å². The van der Waals surface area contributed by atoms with Crippen LogP contribution in [0, 0.1) is 0 Å². The Balaban J connectivity index is 2.43. The normalized spacial score (nSPS) is 11.3. The van der Waals surface area contributed by atoms with Crippen molar-refractivity contribution in [2.75, 3.05) is 13.2 Å². The van der Waals surface area contributed by atoms with Gasteiger partial charge in [0.2, 0.25) is 0 Å². The third-order valence-electron chi connectivity index (χ3n) is 3.66. The Hall–Kier alpha value is -1.75. The van der Waals surface area contributed by atoms with Gasteiger partial charge in [0.05, 0.1) is 0 Å². The molecule has 0 amide bonds.